The molecule has 3 rings (SSSR count). The summed E-state index contributed by atoms with van der Waals surface area (Å²) in [4.78, 5) is 24.5. The Labute approximate surface area is 148 Å². The Morgan fingerprint density at radius 1 is 1.00 bits per heavy atom. The van der Waals surface area contributed by atoms with Gasteiger partial charge in [0.15, 0.2) is 0 Å². The van der Waals surface area contributed by atoms with Gasteiger partial charge in [0.25, 0.3) is 10.0 Å². The van der Waals surface area contributed by atoms with Crippen molar-refractivity contribution < 1.29 is 26.8 Å². The number of nitrogens with one attached hydrogen (secondary N) is 1. The van der Waals surface area contributed by atoms with Gasteiger partial charge in [-0.15, -0.1) is 0 Å². The number of benzene rings is 2. The summed E-state index contributed by atoms with van der Waals surface area (Å²) in [5.41, 5.74) is 0.318. The number of carbonyl (C=O) groups excluding carboxylic acids is 2. The quantitative estimate of drug-likeness (QED) is 0.827. The largest absolute Gasteiger partial charge is 0.277 e. The molecule has 2 aromatic rings. The third-order valence-electron chi connectivity index (χ3n) is 3.95. The van der Waals surface area contributed by atoms with Gasteiger partial charge in [-0.05, 0) is 42.8 Å². The Morgan fingerprint density at radius 2 is 1.65 bits per heavy atom. The number of imide groups is 1. The summed E-state index contributed by atoms with van der Waals surface area (Å²) < 4.78 is 53.5. The van der Waals surface area contributed by atoms with Crippen LogP contribution in [0.3, 0.4) is 0 Å². The number of amides is 2. The molecule has 0 saturated carbocycles. The molecule has 0 aromatic heterocycles. The van der Waals surface area contributed by atoms with Crippen molar-refractivity contribution in [1.29, 1.82) is 0 Å². The van der Waals surface area contributed by atoms with Gasteiger partial charge in [-0.1, -0.05) is 0 Å². The zero-order valence-corrected chi connectivity index (χ0v) is 14.4. The monoisotopic (exact) mass is 380 g/mol. The lowest BCUT2D eigenvalue weighted by molar-refractivity contribution is -0.121. The number of aryl methyl sites for hydroxylation is 1. The summed E-state index contributed by atoms with van der Waals surface area (Å²) in [6.07, 6.45) is 0.230. The average molecular weight is 380 g/mol. The van der Waals surface area contributed by atoms with Crippen LogP contribution in [-0.2, 0) is 19.6 Å². The maximum absolute atomic E-state index is 13.7. The first-order valence-electron chi connectivity index (χ1n) is 7.63. The van der Waals surface area contributed by atoms with Gasteiger partial charge < -0.3 is 0 Å². The summed E-state index contributed by atoms with van der Waals surface area (Å²) in [5.74, 6) is -2.57. The Bertz CT molecular complexity index is 1010. The summed E-state index contributed by atoms with van der Waals surface area (Å²) in [6.45, 7) is 1.56. The van der Waals surface area contributed by atoms with Gasteiger partial charge in [-0.2, -0.15) is 0 Å². The van der Waals surface area contributed by atoms with Crippen molar-refractivity contribution in [1.82, 2.24) is 0 Å². The molecule has 1 fully saturated rings. The highest BCUT2D eigenvalue weighted by atomic mass is 32.2. The molecular weight excluding hydrogens is 366 g/mol. The van der Waals surface area contributed by atoms with E-state index in [0.29, 0.717) is 17.3 Å². The number of nitrogens with zero attached hydrogens (tertiary/aromatic N) is 1. The highest BCUT2D eigenvalue weighted by Crippen LogP contribution is 2.29. The van der Waals surface area contributed by atoms with Crippen LogP contribution >= 0.6 is 0 Å². The molecular formula is C17H14F2N2O4S. The third kappa shape index (κ3) is 3.30. The predicted octanol–water partition coefficient (Wildman–Crippen LogP) is 2.73. The third-order valence-corrected chi connectivity index (χ3v) is 5.31. The van der Waals surface area contributed by atoms with Gasteiger partial charge in [-0.3, -0.25) is 19.2 Å². The fraction of sp³-hybridized carbons (Fsp3) is 0.176. The van der Waals surface area contributed by atoms with Gasteiger partial charge in [0.1, 0.15) is 11.6 Å². The number of carbonyl (C=O) groups is 2. The summed E-state index contributed by atoms with van der Waals surface area (Å²) in [5, 5.41) is 0. The molecule has 1 aliphatic rings. The lowest BCUT2D eigenvalue weighted by atomic mass is 10.2. The van der Waals surface area contributed by atoms with Gasteiger partial charge in [-0.25, -0.2) is 17.2 Å². The minimum absolute atomic E-state index is 0.115. The Balaban J connectivity index is 1.92. The van der Waals surface area contributed by atoms with E-state index in [0.717, 1.165) is 17.0 Å². The Hall–Kier alpha value is -2.81. The van der Waals surface area contributed by atoms with Crippen LogP contribution in [0.4, 0.5) is 20.2 Å². The van der Waals surface area contributed by atoms with E-state index in [4.69, 9.17) is 0 Å². The van der Waals surface area contributed by atoms with Gasteiger partial charge in [0.05, 0.1) is 16.3 Å². The zero-order valence-electron chi connectivity index (χ0n) is 13.6. The Kier molecular flexibility index (Phi) is 4.49. The van der Waals surface area contributed by atoms with Crippen LogP contribution in [0, 0.1) is 18.6 Å². The van der Waals surface area contributed by atoms with Crippen molar-refractivity contribution in [3.8, 4) is 0 Å². The molecule has 9 heteroatoms. The highest BCUT2D eigenvalue weighted by molar-refractivity contribution is 7.92. The van der Waals surface area contributed by atoms with Crippen LogP contribution < -0.4 is 9.62 Å². The second-order valence-electron chi connectivity index (χ2n) is 5.80. The highest BCUT2D eigenvalue weighted by Gasteiger charge is 2.31. The molecule has 6 nitrogen and oxygen atoms in total. The van der Waals surface area contributed by atoms with Crippen LogP contribution in [0.15, 0.2) is 41.3 Å². The first-order valence-corrected chi connectivity index (χ1v) is 9.11. The fourth-order valence-electron chi connectivity index (χ4n) is 2.67. The molecule has 0 radical (unpaired) electrons. The smallest absolute Gasteiger partial charge is 0.261 e. The van der Waals surface area contributed by atoms with E-state index in [1.165, 1.54) is 18.2 Å². The van der Waals surface area contributed by atoms with Crippen LogP contribution in [0.5, 0.6) is 0 Å². The van der Waals surface area contributed by atoms with Crippen LogP contribution in [0.25, 0.3) is 0 Å². The first kappa shape index (κ1) is 18.0. The van der Waals surface area contributed by atoms with Crippen LogP contribution in [-0.4, -0.2) is 20.2 Å². The zero-order chi connectivity index (χ0) is 19.1. The lowest BCUT2D eigenvalue weighted by Crippen LogP contribution is -2.29. The molecule has 2 amide bonds. The average Bonchev–Trinajstić information content (AvgIpc) is 2.89. The molecule has 0 spiro atoms. The van der Waals surface area contributed by atoms with Gasteiger partial charge in [0.2, 0.25) is 11.8 Å². The van der Waals surface area contributed by atoms with Crippen molar-refractivity contribution in [2.24, 2.45) is 0 Å². The number of rotatable bonds is 4. The minimum atomic E-state index is -4.14. The second kappa shape index (κ2) is 6.49. The predicted molar refractivity (Wildman–Crippen MR) is 90.1 cm³/mol. The molecule has 0 bridgehead atoms. The SMILES string of the molecule is Cc1cc(S(=O)(=O)Nc2ccc(F)cc2F)ccc1N1C(=O)CCC1=O. The van der Waals surface area contributed by atoms with Gasteiger partial charge in [0, 0.05) is 18.9 Å². The fourth-order valence-corrected chi connectivity index (χ4v) is 3.82. The normalized spacial score (nSPS) is 14.8. The van der Waals surface area contributed by atoms with E-state index < -0.39 is 27.3 Å². The van der Waals surface area contributed by atoms with E-state index >= 15 is 0 Å². The molecule has 1 heterocycles. The number of hydrogen-bond donors (Lipinski definition) is 1. The topological polar surface area (TPSA) is 83.6 Å². The first-order chi connectivity index (χ1) is 12.2. The van der Waals surface area contributed by atoms with Crippen molar-refractivity contribution >= 4 is 33.2 Å². The minimum Gasteiger partial charge on any atom is -0.277 e. The second-order valence-corrected chi connectivity index (χ2v) is 7.48. The van der Waals surface area contributed by atoms with Crippen molar-refractivity contribution in [2.45, 2.75) is 24.7 Å². The molecule has 0 aliphatic carbocycles. The lowest BCUT2D eigenvalue weighted by Gasteiger charge is -2.17. The molecule has 0 atom stereocenters. The van der Waals surface area contributed by atoms with E-state index in [-0.39, 0.29) is 29.6 Å². The Morgan fingerprint density at radius 3 is 2.23 bits per heavy atom. The summed E-state index contributed by atoms with van der Waals surface area (Å²) in [7, 11) is -4.14. The van der Waals surface area contributed by atoms with E-state index in [1.54, 1.807) is 6.92 Å². The number of hydrogen-bond acceptors (Lipinski definition) is 4. The summed E-state index contributed by atoms with van der Waals surface area (Å²) >= 11 is 0. The van der Waals surface area contributed by atoms with Crippen molar-refractivity contribution in [2.75, 3.05) is 9.62 Å². The van der Waals surface area contributed by atoms with Gasteiger partial charge >= 0.3 is 0 Å². The molecule has 1 saturated heterocycles. The van der Waals surface area contributed by atoms with Crippen molar-refractivity contribution in [3.63, 3.8) is 0 Å². The molecule has 136 valence electrons. The maximum atomic E-state index is 13.7. The maximum Gasteiger partial charge on any atom is 0.261 e. The molecule has 1 aliphatic heterocycles. The van der Waals surface area contributed by atoms with E-state index in [9.17, 15) is 26.8 Å². The molecule has 26 heavy (non-hydrogen) atoms. The van der Waals surface area contributed by atoms with Crippen LogP contribution in [0.2, 0.25) is 0 Å². The van der Waals surface area contributed by atoms with E-state index in [2.05, 4.69) is 0 Å². The molecule has 2 aromatic carbocycles. The summed E-state index contributed by atoms with van der Waals surface area (Å²) in [6, 6.07) is 6.32. The standard InChI is InChI=1S/C17H14F2N2O4S/c1-10-8-12(3-5-15(10)21-16(22)6-7-17(21)23)26(24,25)20-14-4-2-11(18)9-13(14)19/h2-5,8-9,20H,6-7H2,1H3. The number of sulfonamides is 1. The van der Waals surface area contributed by atoms with Crippen LogP contribution in [0.1, 0.15) is 18.4 Å². The number of anilines is 2. The molecule has 1 N–H and O–H groups in total. The number of halogens is 2. The van der Waals surface area contributed by atoms with E-state index in [1.807, 2.05) is 4.72 Å². The molecule has 0 unspecified atom stereocenters. The van der Waals surface area contributed by atoms with Crippen molar-refractivity contribution in [3.05, 3.63) is 53.6 Å².